The molecule has 492 valence electrons. The standard InChI is InChI=1S/C54H72O34/c1-21(58)76-18-32-45(84-50-42(70)39(67)36(64)29(15-55)79-50)41(69)44(72)52(81-32)85-47-46(83-35(63)12-8-24-6-10-26(61)28(14-24)75-4)33(19-77-22(2)59)82-53(48(47)86-51-43(71)40(68)37(65)30(16-56)80-51)88-54(49(73)38(66)31(17-57)87-54)20-78-34(62)11-7-23-5-9-25(60)27(13-23)74-3/h5-14,29-33,36-53,55-57,60-61,64-73H,15-20H2,1-4H3/b11-7+,12-8+/t29-,30-,31-,32-,33-,36-,37-,38-,39+,40+,41-,42-,43-,44-,45-,46-,47+,48-,49+,50+,51+,52+,53-,54+/m1/s1. The first kappa shape index (κ1) is 69.6. The second-order valence-electron chi connectivity index (χ2n) is 20.6. The van der Waals surface area contributed by atoms with Gasteiger partial charge >= 0.3 is 23.9 Å². The lowest BCUT2D eigenvalue weighted by Crippen LogP contribution is -2.69. The lowest BCUT2D eigenvalue weighted by Gasteiger charge is -2.51. The van der Waals surface area contributed by atoms with Crippen LogP contribution in [-0.2, 0) is 80.8 Å². The largest absolute Gasteiger partial charge is 0.504 e. The number of aliphatic hydroxyl groups is 13. The highest BCUT2D eigenvalue weighted by Gasteiger charge is 2.63. The molecule has 5 aliphatic heterocycles. The van der Waals surface area contributed by atoms with Crippen molar-refractivity contribution >= 4 is 36.0 Å². The quantitative estimate of drug-likeness (QED) is 0.0264. The van der Waals surface area contributed by atoms with E-state index in [2.05, 4.69) is 0 Å². The first-order chi connectivity index (χ1) is 41.8. The molecule has 0 radical (unpaired) electrons. The third-order valence-corrected chi connectivity index (χ3v) is 14.6. The van der Waals surface area contributed by atoms with Gasteiger partial charge in [-0.1, -0.05) is 12.1 Å². The first-order valence-corrected chi connectivity index (χ1v) is 27.1. The van der Waals surface area contributed by atoms with Crippen molar-refractivity contribution in [1.29, 1.82) is 0 Å². The van der Waals surface area contributed by atoms with Crippen molar-refractivity contribution in [1.82, 2.24) is 0 Å². The summed E-state index contributed by atoms with van der Waals surface area (Å²) in [6, 6.07) is 7.89. The maximum atomic E-state index is 14.2. The van der Waals surface area contributed by atoms with E-state index in [4.69, 9.17) is 71.1 Å². The van der Waals surface area contributed by atoms with E-state index < -0.39 is 210 Å². The Hall–Kier alpha value is -5.88. The van der Waals surface area contributed by atoms with E-state index in [0.717, 1.165) is 26.0 Å². The third kappa shape index (κ3) is 16.2. The van der Waals surface area contributed by atoms with Crippen LogP contribution in [0.15, 0.2) is 48.6 Å². The van der Waals surface area contributed by atoms with Gasteiger partial charge in [-0.25, -0.2) is 9.59 Å². The first-order valence-electron chi connectivity index (χ1n) is 27.1. The van der Waals surface area contributed by atoms with E-state index in [1.165, 1.54) is 62.8 Å². The molecule has 15 N–H and O–H groups in total. The highest BCUT2D eigenvalue weighted by Crippen LogP contribution is 2.42. The van der Waals surface area contributed by atoms with Crippen LogP contribution in [0.1, 0.15) is 25.0 Å². The Bertz CT molecular complexity index is 2710. The number of rotatable bonds is 24. The van der Waals surface area contributed by atoms with Gasteiger partial charge in [-0.05, 0) is 47.5 Å². The number of hydrogen-bond acceptors (Lipinski definition) is 34. The normalized spacial score (nSPS) is 37.7. The van der Waals surface area contributed by atoms with E-state index >= 15 is 0 Å². The van der Waals surface area contributed by atoms with Crippen molar-refractivity contribution in [2.45, 2.75) is 161 Å². The number of carbonyl (C=O) groups excluding carboxylic acids is 4. The molecule has 0 saturated carbocycles. The summed E-state index contributed by atoms with van der Waals surface area (Å²) in [4.78, 5) is 52.7. The van der Waals surface area contributed by atoms with Crippen molar-refractivity contribution < 1.29 is 167 Å². The van der Waals surface area contributed by atoms with Crippen LogP contribution in [0, 0.1) is 0 Å². The summed E-state index contributed by atoms with van der Waals surface area (Å²) in [5.41, 5.74) is 0.514. The number of phenols is 2. The molecule has 7 rings (SSSR count). The summed E-state index contributed by atoms with van der Waals surface area (Å²) in [7, 11) is 2.52. The number of hydrogen-bond donors (Lipinski definition) is 15. The van der Waals surface area contributed by atoms with Gasteiger partial charge < -0.3 is 148 Å². The lowest BCUT2D eigenvalue weighted by molar-refractivity contribution is -0.423. The van der Waals surface area contributed by atoms with Crippen molar-refractivity contribution in [3.05, 3.63) is 59.7 Å². The summed E-state index contributed by atoms with van der Waals surface area (Å²) in [5.74, 6) is -7.97. The predicted octanol–water partition coefficient (Wildman–Crippen LogP) is -6.82. The van der Waals surface area contributed by atoms with Crippen molar-refractivity contribution in [3.8, 4) is 23.0 Å². The summed E-state index contributed by atoms with van der Waals surface area (Å²) in [5, 5.41) is 163. The monoisotopic (exact) mass is 1260 g/mol. The zero-order valence-corrected chi connectivity index (χ0v) is 47.3. The number of benzene rings is 2. The number of aliphatic hydroxyl groups excluding tert-OH is 13. The van der Waals surface area contributed by atoms with E-state index in [1.807, 2.05) is 0 Å². The zero-order chi connectivity index (χ0) is 64.5. The van der Waals surface area contributed by atoms with E-state index in [1.54, 1.807) is 0 Å². The van der Waals surface area contributed by atoms with Crippen LogP contribution in [0.25, 0.3) is 12.2 Å². The molecule has 24 atom stereocenters. The molecule has 0 amide bonds. The Balaban J connectivity index is 1.35. The Morgan fingerprint density at radius 3 is 1.39 bits per heavy atom. The van der Waals surface area contributed by atoms with Crippen molar-refractivity contribution in [2.75, 3.05) is 53.9 Å². The maximum Gasteiger partial charge on any atom is 0.331 e. The molecular formula is C54H72O34. The Kier molecular flexibility index (Phi) is 24.3. The number of carbonyl (C=O) groups is 4. The number of ether oxygens (including phenoxy) is 15. The molecule has 88 heavy (non-hydrogen) atoms. The predicted molar refractivity (Wildman–Crippen MR) is 281 cm³/mol. The van der Waals surface area contributed by atoms with Gasteiger partial charge in [0.2, 0.25) is 5.79 Å². The van der Waals surface area contributed by atoms with Gasteiger partial charge in [0.15, 0.2) is 54.3 Å². The van der Waals surface area contributed by atoms with E-state index in [-0.39, 0.29) is 28.6 Å². The molecule has 0 bridgehead atoms. The number of aromatic hydroxyl groups is 2. The molecular weight excluding hydrogens is 1190 g/mol. The van der Waals surface area contributed by atoms with Crippen LogP contribution in [0.2, 0.25) is 0 Å². The van der Waals surface area contributed by atoms with Crippen LogP contribution in [0.5, 0.6) is 23.0 Å². The van der Waals surface area contributed by atoms with Gasteiger partial charge in [-0.2, -0.15) is 0 Å². The fourth-order valence-corrected chi connectivity index (χ4v) is 9.86. The fraction of sp³-hybridized carbons (Fsp3) is 0.630. The van der Waals surface area contributed by atoms with Crippen LogP contribution in [0.4, 0.5) is 0 Å². The van der Waals surface area contributed by atoms with Gasteiger partial charge in [-0.3, -0.25) is 9.59 Å². The lowest BCUT2D eigenvalue weighted by atomic mass is 9.95. The number of esters is 4. The van der Waals surface area contributed by atoms with E-state index in [0.29, 0.717) is 5.56 Å². The molecule has 0 unspecified atom stereocenters. The molecule has 5 aliphatic rings. The maximum absolute atomic E-state index is 14.2. The minimum absolute atomic E-state index is 0.0211. The minimum atomic E-state index is -2.95. The van der Waals surface area contributed by atoms with E-state index in [9.17, 15) is 95.8 Å². The summed E-state index contributed by atoms with van der Waals surface area (Å²) in [6.07, 6.45) is -44.8. The van der Waals surface area contributed by atoms with Gasteiger partial charge in [0.05, 0.1) is 34.0 Å². The van der Waals surface area contributed by atoms with Crippen LogP contribution >= 0.6 is 0 Å². The number of methoxy groups -OCH3 is 2. The average Bonchev–Trinajstić information content (AvgIpc) is 2.73. The number of phenolic OH excluding ortho intramolecular Hbond substituents is 2. The molecule has 2 aromatic rings. The molecule has 5 saturated heterocycles. The van der Waals surface area contributed by atoms with Crippen LogP contribution < -0.4 is 9.47 Å². The van der Waals surface area contributed by atoms with Gasteiger partial charge in [0.1, 0.15) is 130 Å². The molecule has 34 nitrogen and oxygen atoms in total. The Morgan fingerprint density at radius 2 is 0.920 bits per heavy atom. The van der Waals surface area contributed by atoms with Crippen LogP contribution in [0.3, 0.4) is 0 Å². The highest BCUT2D eigenvalue weighted by atomic mass is 16.8. The molecule has 5 heterocycles. The second-order valence-corrected chi connectivity index (χ2v) is 20.6. The van der Waals surface area contributed by atoms with Gasteiger partial charge in [-0.15, -0.1) is 0 Å². The summed E-state index contributed by atoms with van der Waals surface area (Å²) >= 11 is 0. The highest BCUT2D eigenvalue weighted by molar-refractivity contribution is 5.88. The average molecular weight is 1270 g/mol. The van der Waals surface area contributed by atoms with Crippen molar-refractivity contribution in [3.63, 3.8) is 0 Å². The summed E-state index contributed by atoms with van der Waals surface area (Å²) < 4.78 is 86.6. The van der Waals surface area contributed by atoms with Gasteiger partial charge in [0, 0.05) is 26.0 Å². The Morgan fingerprint density at radius 1 is 0.489 bits per heavy atom. The summed E-state index contributed by atoms with van der Waals surface area (Å²) in [6.45, 7) is -4.31. The van der Waals surface area contributed by atoms with Crippen LogP contribution in [-0.4, -0.2) is 301 Å². The minimum Gasteiger partial charge on any atom is -0.504 e. The molecule has 0 spiro atoms. The second kappa shape index (κ2) is 30.8. The van der Waals surface area contributed by atoms with Gasteiger partial charge in [0.25, 0.3) is 0 Å². The fourth-order valence-electron chi connectivity index (χ4n) is 9.86. The molecule has 0 aromatic heterocycles. The third-order valence-electron chi connectivity index (χ3n) is 14.6. The molecule has 34 heteroatoms. The topological polar surface area (TPSA) is 510 Å². The molecule has 0 aliphatic carbocycles. The molecule has 2 aromatic carbocycles. The molecule has 5 fully saturated rings. The zero-order valence-electron chi connectivity index (χ0n) is 47.3. The Labute approximate surface area is 499 Å². The van der Waals surface area contributed by atoms with Crippen molar-refractivity contribution in [2.24, 2.45) is 0 Å². The SMILES string of the molecule is COc1cc(/C=C/C(=O)OC[C@@]2(O[C@H]3O[C@H](COC(C)=O)[C@@H](OC(=O)/C=C/c4ccc(O)c(OC)c4)[C@H](O[C@@H]4O[C@H](COC(C)=O)[C@@H](O[C@@H]5O[C@H](CO)[C@@H](O)[C@H](O)[C@H]5O)[C@H](O)[C@H]4O)[C@H]3O[C@@H]3O[C@H](CO)[C@@H](O)[C@H](O)[C@H]3O)O[C@H](CO)[C@@H](O)[C@@H]2O)ccc1O. The smallest absolute Gasteiger partial charge is 0.331 e.